The number of fused-ring (bicyclic) bond motifs is 1. The van der Waals surface area contributed by atoms with Gasteiger partial charge in [-0.05, 0) is 46.1 Å². The number of amides is 1. The number of halogens is 1. The van der Waals surface area contributed by atoms with E-state index in [0.717, 1.165) is 5.56 Å². The molecule has 0 spiro atoms. The minimum Gasteiger partial charge on any atom is -0.422 e. The Morgan fingerprint density at radius 3 is 2.67 bits per heavy atom. The molecule has 1 aliphatic rings. The molecule has 0 aromatic heterocycles. The highest BCUT2D eigenvalue weighted by atomic mass is 79.9. The van der Waals surface area contributed by atoms with Gasteiger partial charge in [-0.3, -0.25) is 4.79 Å². The zero-order valence-electron chi connectivity index (χ0n) is 11.1. The molecule has 0 bridgehead atoms. The van der Waals surface area contributed by atoms with Crippen molar-refractivity contribution in [3.8, 4) is 5.75 Å². The molecule has 3 rings (SSSR count). The molecule has 1 N–H and O–H groups in total. The lowest BCUT2D eigenvalue weighted by Crippen LogP contribution is -2.19. The molecule has 1 heterocycles. The predicted molar refractivity (Wildman–Crippen MR) is 82.5 cm³/mol. The molecule has 0 saturated carbocycles. The van der Waals surface area contributed by atoms with E-state index in [9.17, 15) is 9.59 Å². The van der Waals surface area contributed by atoms with Crippen LogP contribution >= 0.6 is 15.9 Å². The summed E-state index contributed by atoms with van der Waals surface area (Å²) in [6.07, 6.45) is 1.16. The standard InChI is InChI=1S/C16H12BrNO3/c17-12-8-11-6-7-15(19)18-13(11)9-14(12)21-16(20)10-4-2-1-3-5-10/h1-5,8-9H,6-7H2,(H,18,19). The zero-order valence-corrected chi connectivity index (χ0v) is 12.6. The van der Waals surface area contributed by atoms with E-state index in [0.29, 0.717) is 34.3 Å². The number of carbonyl (C=O) groups excluding carboxylic acids is 2. The summed E-state index contributed by atoms with van der Waals surface area (Å²) in [5.74, 6) is -0.0617. The van der Waals surface area contributed by atoms with Crippen molar-refractivity contribution in [3.05, 3.63) is 58.1 Å². The van der Waals surface area contributed by atoms with Gasteiger partial charge in [0.25, 0.3) is 0 Å². The van der Waals surface area contributed by atoms with Gasteiger partial charge in [-0.2, -0.15) is 0 Å². The Kier molecular flexibility index (Phi) is 3.75. The topological polar surface area (TPSA) is 55.4 Å². The maximum absolute atomic E-state index is 12.1. The fourth-order valence-electron chi connectivity index (χ4n) is 2.19. The first-order valence-electron chi connectivity index (χ1n) is 6.53. The molecule has 0 fully saturated rings. The number of anilines is 1. The molecular weight excluding hydrogens is 334 g/mol. The fourth-order valence-corrected chi connectivity index (χ4v) is 2.66. The highest BCUT2D eigenvalue weighted by Gasteiger charge is 2.19. The summed E-state index contributed by atoms with van der Waals surface area (Å²) in [5, 5.41) is 2.79. The lowest BCUT2D eigenvalue weighted by atomic mass is 10.0. The van der Waals surface area contributed by atoms with Crippen molar-refractivity contribution in [1.29, 1.82) is 0 Å². The Balaban J connectivity index is 1.87. The molecule has 2 aromatic rings. The van der Waals surface area contributed by atoms with Gasteiger partial charge in [0.1, 0.15) is 5.75 Å². The van der Waals surface area contributed by atoms with Gasteiger partial charge >= 0.3 is 5.97 Å². The van der Waals surface area contributed by atoms with E-state index < -0.39 is 5.97 Å². The van der Waals surface area contributed by atoms with Crippen LogP contribution in [0.15, 0.2) is 46.9 Å². The van der Waals surface area contributed by atoms with Gasteiger partial charge in [0.05, 0.1) is 10.0 Å². The third-order valence-electron chi connectivity index (χ3n) is 3.27. The van der Waals surface area contributed by atoms with E-state index in [-0.39, 0.29) is 5.91 Å². The van der Waals surface area contributed by atoms with Crippen molar-refractivity contribution in [2.45, 2.75) is 12.8 Å². The van der Waals surface area contributed by atoms with Gasteiger partial charge in [0, 0.05) is 18.2 Å². The van der Waals surface area contributed by atoms with E-state index in [1.54, 1.807) is 30.3 Å². The minimum atomic E-state index is -0.432. The second-order valence-corrected chi connectivity index (χ2v) is 5.60. The number of ether oxygens (including phenoxy) is 1. The van der Waals surface area contributed by atoms with Crippen molar-refractivity contribution in [3.63, 3.8) is 0 Å². The molecule has 106 valence electrons. The number of hydrogen-bond donors (Lipinski definition) is 1. The summed E-state index contributed by atoms with van der Waals surface area (Å²) >= 11 is 3.40. The van der Waals surface area contributed by atoms with Gasteiger partial charge in [-0.1, -0.05) is 18.2 Å². The van der Waals surface area contributed by atoms with E-state index in [2.05, 4.69) is 21.2 Å². The van der Waals surface area contributed by atoms with Gasteiger partial charge in [0.15, 0.2) is 0 Å². The van der Waals surface area contributed by atoms with E-state index in [1.807, 2.05) is 12.1 Å². The van der Waals surface area contributed by atoms with Gasteiger partial charge < -0.3 is 10.1 Å². The largest absolute Gasteiger partial charge is 0.422 e. The van der Waals surface area contributed by atoms with Crippen LogP contribution in [0.1, 0.15) is 22.3 Å². The number of nitrogens with one attached hydrogen (secondary N) is 1. The van der Waals surface area contributed by atoms with E-state index in [4.69, 9.17) is 4.74 Å². The smallest absolute Gasteiger partial charge is 0.343 e. The molecule has 5 heteroatoms. The second kappa shape index (κ2) is 5.69. The summed E-state index contributed by atoms with van der Waals surface area (Å²) in [7, 11) is 0. The monoisotopic (exact) mass is 345 g/mol. The fraction of sp³-hybridized carbons (Fsp3) is 0.125. The molecule has 1 aliphatic heterocycles. The Morgan fingerprint density at radius 2 is 1.90 bits per heavy atom. The Bertz CT molecular complexity index is 713. The van der Waals surface area contributed by atoms with Crippen LogP contribution in [0.3, 0.4) is 0 Å². The summed E-state index contributed by atoms with van der Waals surface area (Å²) in [6, 6.07) is 12.3. The quantitative estimate of drug-likeness (QED) is 0.668. The second-order valence-electron chi connectivity index (χ2n) is 4.74. The summed E-state index contributed by atoms with van der Waals surface area (Å²) in [6.45, 7) is 0. The number of hydrogen-bond acceptors (Lipinski definition) is 3. The lowest BCUT2D eigenvalue weighted by molar-refractivity contribution is -0.116. The first-order chi connectivity index (χ1) is 10.1. The molecule has 1 amide bonds. The van der Waals surface area contributed by atoms with Crippen LogP contribution in [0.5, 0.6) is 5.75 Å². The van der Waals surface area contributed by atoms with Crippen LogP contribution in [0.25, 0.3) is 0 Å². The lowest BCUT2D eigenvalue weighted by Gasteiger charge is -2.18. The number of benzene rings is 2. The molecular formula is C16H12BrNO3. The van der Waals surface area contributed by atoms with Crippen LogP contribution in [0, 0.1) is 0 Å². The summed E-state index contributed by atoms with van der Waals surface area (Å²) in [4.78, 5) is 23.5. The number of esters is 1. The third kappa shape index (κ3) is 2.97. The maximum Gasteiger partial charge on any atom is 0.343 e. The van der Waals surface area contributed by atoms with E-state index >= 15 is 0 Å². The van der Waals surface area contributed by atoms with Crippen molar-refractivity contribution in [1.82, 2.24) is 0 Å². The van der Waals surface area contributed by atoms with Crippen LogP contribution in [-0.2, 0) is 11.2 Å². The van der Waals surface area contributed by atoms with Crippen molar-refractivity contribution in [2.24, 2.45) is 0 Å². The van der Waals surface area contributed by atoms with E-state index in [1.165, 1.54) is 0 Å². The summed E-state index contributed by atoms with van der Waals surface area (Å²) < 4.78 is 6.09. The molecule has 2 aromatic carbocycles. The van der Waals surface area contributed by atoms with Crippen molar-refractivity contribution in [2.75, 3.05) is 5.32 Å². The predicted octanol–water partition coefficient (Wildman–Crippen LogP) is 3.55. The summed E-state index contributed by atoms with van der Waals surface area (Å²) in [5.41, 5.74) is 2.21. The molecule has 0 aliphatic carbocycles. The number of carbonyl (C=O) groups is 2. The van der Waals surface area contributed by atoms with Crippen molar-refractivity contribution >= 4 is 33.5 Å². The van der Waals surface area contributed by atoms with Crippen LogP contribution in [0.4, 0.5) is 5.69 Å². The maximum atomic E-state index is 12.1. The molecule has 0 atom stereocenters. The number of aryl methyl sites for hydroxylation is 1. The normalized spacial score (nSPS) is 13.3. The SMILES string of the molecule is O=C1CCc2cc(Br)c(OC(=O)c3ccccc3)cc2N1. The Labute approximate surface area is 130 Å². The first kappa shape index (κ1) is 13.8. The number of rotatable bonds is 2. The third-order valence-corrected chi connectivity index (χ3v) is 3.89. The van der Waals surface area contributed by atoms with Gasteiger partial charge in [0.2, 0.25) is 5.91 Å². The first-order valence-corrected chi connectivity index (χ1v) is 7.32. The van der Waals surface area contributed by atoms with Crippen molar-refractivity contribution < 1.29 is 14.3 Å². The molecule has 0 unspecified atom stereocenters. The van der Waals surface area contributed by atoms with Crippen LogP contribution in [0.2, 0.25) is 0 Å². The van der Waals surface area contributed by atoms with Gasteiger partial charge in [-0.15, -0.1) is 0 Å². The molecule has 0 radical (unpaired) electrons. The highest BCUT2D eigenvalue weighted by molar-refractivity contribution is 9.10. The Hall–Kier alpha value is -2.14. The van der Waals surface area contributed by atoms with Crippen LogP contribution < -0.4 is 10.1 Å². The highest BCUT2D eigenvalue weighted by Crippen LogP contribution is 2.34. The molecule has 0 saturated heterocycles. The Morgan fingerprint density at radius 1 is 1.14 bits per heavy atom. The minimum absolute atomic E-state index is 0.0230. The molecule has 21 heavy (non-hydrogen) atoms. The van der Waals surface area contributed by atoms with Crippen LogP contribution in [-0.4, -0.2) is 11.9 Å². The average Bonchev–Trinajstić information content (AvgIpc) is 2.49. The van der Waals surface area contributed by atoms with Gasteiger partial charge in [-0.25, -0.2) is 4.79 Å². The molecule has 4 nitrogen and oxygen atoms in total. The average molecular weight is 346 g/mol. The zero-order chi connectivity index (χ0) is 14.8.